The molecule has 0 fully saturated rings. The van der Waals surface area contributed by atoms with Gasteiger partial charge in [0, 0.05) is 4.90 Å². The van der Waals surface area contributed by atoms with Crippen molar-refractivity contribution >= 4 is 14.5 Å². The molecular formula is C11H17NO2Si. The van der Waals surface area contributed by atoms with E-state index in [0.29, 0.717) is 11.3 Å². The molecule has 1 aromatic rings. The fraction of sp³-hybridized carbons (Fsp3) is 0.364. The van der Waals surface area contributed by atoms with Gasteiger partial charge in [0.1, 0.15) is 0 Å². The van der Waals surface area contributed by atoms with Gasteiger partial charge in [-0.15, -0.1) is 0 Å². The molecule has 3 nitrogen and oxygen atoms in total. The van der Waals surface area contributed by atoms with Crippen molar-refractivity contribution in [2.75, 3.05) is 0 Å². The minimum absolute atomic E-state index is 0.596. The van der Waals surface area contributed by atoms with Crippen LogP contribution in [0.4, 0.5) is 0 Å². The summed E-state index contributed by atoms with van der Waals surface area (Å²) in [6, 6.07) is 9.84. The smallest absolute Gasteiger partial charge is 0.213 e. The van der Waals surface area contributed by atoms with Crippen LogP contribution in [0.25, 0.3) is 0 Å². The zero-order valence-corrected chi connectivity index (χ0v) is 10.4. The van der Waals surface area contributed by atoms with Gasteiger partial charge in [0.15, 0.2) is 8.32 Å². The maximum absolute atomic E-state index is 11.3. The average Bonchev–Trinajstić information content (AvgIpc) is 2.14. The fourth-order valence-electron chi connectivity index (χ4n) is 1.10. The van der Waals surface area contributed by atoms with Crippen molar-refractivity contribution in [3.8, 4) is 0 Å². The first-order valence-corrected chi connectivity index (χ1v) is 8.41. The molecule has 1 rings (SSSR count). The maximum Gasteiger partial charge on any atom is 0.213 e. The van der Waals surface area contributed by atoms with Crippen molar-refractivity contribution < 1.29 is 9.43 Å². The molecule has 0 atom stereocenters. The third-order valence-electron chi connectivity index (χ3n) is 1.68. The van der Waals surface area contributed by atoms with Crippen LogP contribution in [0.2, 0.25) is 19.6 Å². The first kappa shape index (κ1) is 11.8. The standard InChI is InChI=1S/C11H17NO2Si/c1-15(2,3)14-12(13)10-9-11-7-5-4-6-8-11/h4-8,10H,9H2,1-3H3/b12-10+. The van der Waals surface area contributed by atoms with Gasteiger partial charge in [-0.2, -0.15) is 0 Å². The van der Waals surface area contributed by atoms with E-state index in [1.807, 2.05) is 50.0 Å². The largest absolute Gasteiger partial charge is 0.444 e. The Morgan fingerprint density at radius 3 is 2.40 bits per heavy atom. The van der Waals surface area contributed by atoms with Gasteiger partial charge in [0.2, 0.25) is 6.21 Å². The van der Waals surface area contributed by atoms with Gasteiger partial charge in [0.05, 0.1) is 6.42 Å². The van der Waals surface area contributed by atoms with Crippen LogP contribution in [0.3, 0.4) is 0 Å². The summed E-state index contributed by atoms with van der Waals surface area (Å²) in [5, 5.41) is 11.3. The van der Waals surface area contributed by atoms with Crippen LogP contribution in [0.15, 0.2) is 30.3 Å². The molecule has 0 heterocycles. The Balaban J connectivity index is 2.51. The Kier molecular flexibility index (Phi) is 3.91. The van der Waals surface area contributed by atoms with Gasteiger partial charge in [-0.3, -0.25) is 5.21 Å². The lowest BCUT2D eigenvalue weighted by atomic mass is 10.2. The second kappa shape index (κ2) is 4.98. The van der Waals surface area contributed by atoms with Gasteiger partial charge in [-0.1, -0.05) is 50.0 Å². The number of nitrogens with zero attached hydrogens (tertiary/aromatic N) is 1. The zero-order chi connectivity index (χ0) is 11.3. The third-order valence-corrected chi connectivity index (χ3v) is 2.41. The number of rotatable bonds is 4. The summed E-state index contributed by atoms with van der Waals surface area (Å²) in [6.07, 6.45) is 2.13. The van der Waals surface area contributed by atoms with Crippen molar-refractivity contribution in [3.05, 3.63) is 41.1 Å². The third kappa shape index (κ3) is 5.22. The first-order valence-electron chi connectivity index (χ1n) is 5.00. The Morgan fingerprint density at radius 2 is 1.87 bits per heavy atom. The molecule has 15 heavy (non-hydrogen) atoms. The van der Waals surface area contributed by atoms with Crippen LogP contribution in [0.1, 0.15) is 5.56 Å². The van der Waals surface area contributed by atoms with Crippen molar-refractivity contribution in [2.45, 2.75) is 26.1 Å². The average molecular weight is 223 g/mol. The summed E-state index contributed by atoms with van der Waals surface area (Å²) in [5.41, 5.74) is 1.11. The molecule has 4 heteroatoms. The molecule has 0 saturated heterocycles. The molecule has 1 aromatic carbocycles. The topological polar surface area (TPSA) is 35.3 Å². The lowest BCUT2D eigenvalue weighted by Crippen LogP contribution is -2.30. The summed E-state index contributed by atoms with van der Waals surface area (Å²) >= 11 is 0. The first-order chi connectivity index (χ1) is 6.97. The van der Waals surface area contributed by atoms with Crippen LogP contribution < -0.4 is 0 Å². The van der Waals surface area contributed by atoms with E-state index in [9.17, 15) is 5.21 Å². The summed E-state index contributed by atoms with van der Waals surface area (Å²) < 4.78 is 5.22. The van der Waals surface area contributed by atoms with Crippen LogP contribution in [0, 0.1) is 5.21 Å². The van der Waals surface area contributed by atoms with Crippen LogP contribution in [-0.4, -0.2) is 19.4 Å². The monoisotopic (exact) mass is 223 g/mol. The predicted molar refractivity (Wildman–Crippen MR) is 64.3 cm³/mol. The van der Waals surface area contributed by atoms with Crippen LogP contribution >= 0.6 is 0 Å². The van der Waals surface area contributed by atoms with Crippen molar-refractivity contribution in [1.29, 1.82) is 0 Å². The number of hydrogen-bond donors (Lipinski definition) is 0. The Hall–Kier alpha value is -1.29. The second-order valence-corrected chi connectivity index (χ2v) is 8.77. The molecule has 0 bridgehead atoms. The maximum atomic E-state index is 11.3. The molecule has 0 spiro atoms. The van der Waals surface area contributed by atoms with Gasteiger partial charge in [-0.05, 0) is 5.56 Å². The highest BCUT2D eigenvalue weighted by atomic mass is 28.4. The summed E-state index contributed by atoms with van der Waals surface area (Å²) in [5.74, 6) is 0. The van der Waals surface area contributed by atoms with Gasteiger partial charge < -0.3 is 4.53 Å². The highest BCUT2D eigenvalue weighted by Gasteiger charge is 2.13. The molecule has 0 N–H and O–H groups in total. The molecule has 0 radical (unpaired) electrons. The lowest BCUT2D eigenvalue weighted by Gasteiger charge is -2.19. The van der Waals surface area contributed by atoms with Gasteiger partial charge >= 0.3 is 0 Å². The molecule has 0 amide bonds. The van der Waals surface area contributed by atoms with Gasteiger partial charge in [0.25, 0.3) is 0 Å². The van der Waals surface area contributed by atoms with E-state index in [2.05, 4.69) is 0 Å². The molecule has 0 unspecified atom stereocenters. The molecule has 82 valence electrons. The van der Waals surface area contributed by atoms with E-state index >= 15 is 0 Å². The van der Waals surface area contributed by atoms with E-state index in [0.717, 1.165) is 5.56 Å². The Morgan fingerprint density at radius 1 is 1.27 bits per heavy atom. The fourth-order valence-corrected chi connectivity index (χ4v) is 1.72. The van der Waals surface area contributed by atoms with Crippen molar-refractivity contribution in [2.24, 2.45) is 0 Å². The van der Waals surface area contributed by atoms with E-state index in [-0.39, 0.29) is 0 Å². The summed E-state index contributed by atoms with van der Waals surface area (Å²) in [7, 11) is -1.78. The minimum Gasteiger partial charge on any atom is -0.444 e. The summed E-state index contributed by atoms with van der Waals surface area (Å²) in [6.45, 7) is 5.94. The number of hydrogen-bond acceptors (Lipinski definition) is 2. The summed E-state index contributed by atoms with van der Waals surface area (Å²) in [4.78, 5) is 0.596. The SMILES string of the molecule is C[Si](C)(C)O/[N+]([O-])=C/Cc1ccccc1. The van der Waals surface area contributed by atoms with E-state index in [4.69, 9.17) is 4.53 Å². The number of benzene rings is 1. The molecule has 0 aliphatic rings. The predicted octanol–water partition coefficient (Wildman–Crippen LogP) is 2.58. The highest BCUT2D eigenvalue weighted by molar-refractivity contribution is 6.69. The normalized spacial score (nSPS) is 12.6. The van der Waals surface area contributed by atoms with Crippen LogP contribution in [0.5, 0.6) is 0 Å². The zero-order valence-electron chi connectivity index (χ0n) is 9.43. The molecule has 0 aliphatic heterocycles. The highest BCUT2D eigenvalue weighted by Crippen LogP contribution is 2.02. The minimum atomic E-state index is -1.78. The quantitative estimate of drug-likeness (QED) is 0.340. The van der Waals surface area contributed by atoms with E-state index in [1.165, 1.54) is 6.21 Å². The van der Waals surface area contributed by atoms with Crippen molar-refractivity contribution in [3.63, 3.8) is 0 Å². The van der Waals surface area contributed by atoms with Gasteiger partial charge in [-0.25, -0.2) is 0 Å². The Bertz CT molecular complexity index is 330. The molecule has 0 aromatic heterocycles. The molecule has 0 aliphatic carbocycles. The van der Waals surface area contributed by atoms with Crippen molar-refractivity contribution in [1.82, 2.24) is 0 Å². The van der Waals surface area contributed by atoms with E-state index in [1.54, 1.807) is 0 Å². The molecule has 0 saturated carbocycles. The lowest BCUT2D eigenvalue weighted by molar-refractivity contribution is -0.701. The van der Waals surface area contributed by atoms with E-state index < -0.39 is 8.32 Å². The Labute approximate surface area is 91.7 Å². The van der Waals surface area contributed by atoms with Crippen LogP contribution in [-0.2, 0) is 10.9 Å². The second-order valence-electron chi connectivity index (χ2n) is 4.36. The molecular weight excluding hydrogens is 206 g/mol.